The van der Waals surface area contributed by atoms with E-state index < -0.39 is 23.4 Å². The van der Waals surface area contributed by atoms with Crippen LogP contribution in [0.3, 0.4) is 0 Å². The molecule has 3 aromatic carbocycles. The maximum Gasteiger partial charge on any atom is 0.337 e. The van der Waals surface area contributed by atoms with Gasteiger partial charge in [-0.15, -0.1) is 0 Å². The van der Waals surface area contributed by atoms with Crippen LogP contribution in [0.25, 0.3) is 22.4 Å². The molecule has 8 heteroatoms. The second-order valence-corrected chi connectivity index (χ2v) is 7.79. The van der Waals surface area contributed by atoms with E-state index in [1.165, 1.54) is 38.5 Å². The van der Waals surface area contributed by atoms with Crippen molar-refractivity contribution in [1.29, 1.82) is 0 Å². The first-order valence-electron chi connectivity index (χ1n) is 10.9. The van der Waals surface area contributed by atoms with Crippen molar-refractivity contribution in [3.63, 3.8) is 0 Å². The molecule has 4 rings (SSSR count). The summed E-state index contributed by atoms with van der Waals surface area (Å²) in [5.74, 6) is -2.10. The van der Waals surface area contributed by atoms with Gasteiger partial charge in [-0.2, -0.15) is 0 Å². The van der Waals surface area contributed by atoms with Crippen LogP contribution in [-0.4, -0.2) is 37.0 Å². The summed E-state index contributed by atoms with van der Waals surface area (Å²) >= 11 is 0. The molecule has 2 N–H and O–H groups in total. The maximum absolute atomic E-state index is 12.8. The molecule has 0 radical (unpaired) electrons. The van der Waals surface area contributed by atoms with Gasteiger partial charge in [0.15, 0.2) is 0 Å². The molecule has 0 bridgehead atoms. The summed E-state index contributed by atoms with van der Waals surface area (Å²) in [6.07, 6.45) is 0. The van der Waals surface area contributed by atoms with E-state index >= 15 is 0 Å². The number of hydrogen-bond acceptors (Lipinski definition) is 6. The summed E-state index contributed by atoms with van der Waals surface area (Å²) < 4.78 is 9.39. The van der Waals surface area contributed by atoms with Crippen LogP contribution in [0.15, 0.2) is 89.7 Å². The first kappa shape index (κ1) is 24.2. The van der Waals surface area contributed by atoms with Crippen molar-refractivity contribution >= 4 is 23.5 Å². The SMILES string of the molecule is COC(=O)c1cc(NC(=O)c2ccc(-c3ccc(-c4ccccc4)cc3)[nH]c2=O)cc(C(=O)OC)c1. The molecule has 0 saturated carbocycles. The lowest BCUT2D eigenvalue weighted by Gasteiger charge is -2.10. The van der Waals surface area contributed by atoms with Gasteiger partial charge in [0.25, 0.3) is 11.5 Å². The van der Waals surface area contributed by atoms with Gasteiger partial charge in [0.1, 0.15) is 5.56 Å². The molecule has 1 aromatic heterocycles. The summed E-state index contributed by atoms with van der Waals surface area (Å²) in [7, 11) is 2.39. The van der Waals surface area contributed by atoms with Crippen LogP contribution in [0.1, 0.15) is 31.1 Å². The van der Waals surface area contributed by atoms with Crippen LogP contribution >= 0.6 is 0 Å². The minimum atomic E-state index is -0.708. The molecule has 0 unspecified atom stereocenters. The van der Waals surface area contributed by atoms with Crippen molar-refractivity contribution in [2.45, 2.75) is 0 Å². The Kier molecular flexibility index (Phi) is 7.06. The maximum atomic E-state index is 12.8. The fourth-order valence-electron chi connectivity index (χ4n) is 3.66. The van der Waals surface area contributed by atoms with Crippen LogP contribution in [-0.2, 0) is 9.47 Å². The van der Waals surface area contributed by atoms with Crippen LogP contribution in [0.5, 0.6) is 0 Å². The molecule has 36 heavy (non-hydrogen) atoms. The molecule has 1 heterocycles. The molecular weight excluding hydrogens is 460 g/mol. The van der Waals surface area contributed by atoms with E-state index in [0.717, 1.165) is 16.7 Å². The van der Waals surface area contributed by atoms with E-state index in [9.17, 15) is 19.2 Å². The van der Waals surface area contributed by atoms with Gasteiger partial charge in [-0.25, -0.2) is 9.59 Å². The fourth-order valence-corrected chi connectivity index (χ4v) is 3.66. The van der Waals surface area contributed by atoms with Crippen molar-refractivity contribution in [2.75, 3.05) is 19.5 Å². The number of methoxy groups -OCH3 is 2. The highest BCUT2D eigenvalue weighted by Gasteiger charge is 2.17. The highest BCUT2D eigenvalue weighted by molar-refractivity contribution is 6.06. The van der Waals surface area contributed by atoms with Crippen molar-refractivity contribution in [3.05, 3.63) is 112 Å². The highest BCUT2D eigenvalue weighted by atomic mass is 16.5. The predicted octanol–water partition coefficient (Wildman–Crippen LogP) is 4.53. The summed E-state index contributed by atoms with van der Waals surface area (Å²) in [4.78, 5) is 52.2. The Hall–Kier alpha value is -4.98. The average molecular weight is 482 g/mol. The van der Waals surface area contributed by atoms with Crippen molar-refractivity contribution in [3.8, 4) is 22.4 Å². The lowest BCUT2D eigenvalue weighted by Crippen LogP contribution is -2.23. The average Bonchev–Trinajstić information content (AvgIpc) is 2.92. The quantitative estimate of drug-likeness (QED) is 0.390. The lowest BCUT2D eigenvalue weighted by molar-refractivity contribution is 0.0599. The first-order chi connectivity index (χ1) is 17.4. The zero-order chi connectivity index (χ0) is 25.7. The second kappa shape index (κ2) is 10.5. The molecule has 180 valence electrons. The van der Waals surface area contributed by atoms with Crippen molar-refractivity contribution < 1.29 is 23.9 Å². The van der Waals surface area contributed by atoms with Gasteiger partial charge in [-0.3, -0.25) is 9.59 Å². The number of aromatic nitrogens is 1. The highest BCUT2D eigenvalue weighted by Crippen LogP contribution is 2.23. The Labute approximate surface area is 206 Å². The largest absolute Gasteiger partial charge is 0.465 e. The minimum absolute atomic E-state index is 0.0407. The number of aromatic amines is 1. The van der Waals surface area contributed by atoms with E-state index in [1.54, 1.807) is 6.07 Å². The molecule has 1 amide bonds. The smallest absolute Gasteiger partial charge is 0.337 e. The van der Waals surface area contributed by atoms with Gasteiger partial charge < -0.3 is 19.8 Å². The van der Waals surface area contributed by atoms with Crippen molar-refractivity contribution in [2.24, 2.45) is 0 Å². The number of amides is 1. The van der Waals surface area contributed by atoms with E-state index in [1.807, 2.05) is 54.6 Å². The zero-order valence-electron chi connectivity index (χ0n) is 19.5. The standard InChI is InChI=1S/C28H22N2O6/c1-35-27(33)20-14-21(28(34)36-2)16-22(15-20)29-25(31)23-12-13-24(30-26(23)32)19-10-8-18(9-11-19)17-6-4-3-5-7-17/h3-16H,1-2H3,(H,29,31)(H,30,32). The van der Waals surface area contributed by atoms with Gasteiger partial charge in [-0.1, -0.05) is 54.6 Å². The third-order valence-electron chi connectivity index (χ3n) is 5.49. The third-order valence-corrected chi connectivity index (χ3v) is 5.49. The fraction of sp³-hybridized carbons (Fsp3) is 0.0714. The third kappa shape index (κ3) is 5.23. The summed E-state index contributed by atoms with van der Waals surface area (Å²) in [5.41, 5.74) is 2.94. The molecule has 0 atom stereocenters. The van der Waals surface area contributed by atoms with E-state index in [2.05, 4.69) is 10.3 Å². The molecular formula is C28H22N2O6. The number of benzene rings is 3. The normalized spacial score (nSPS) is 10.4. The van der Waals surface area contributed by atoms with Gasteiger partial charge >= 0.3 is 11.9 Å². The number of H-pyrrole nitrogens is 1. The van der Waals surface area contributed by atoms with Crippen molar-refractivity contribution in [1.82, 2.24) is 4.98 Å². The predicted molar refractivity (Wildman–Crippen MR) is 135 cm³/mol. The van der Waals surface area contributed by atoms with Crippen LogP contribution in [0.2, 0.25) is 0 Å². The van der Waals surface area contributed by atoms with Gasteiger partial charge in [-0.05, 0) is 47.0 Å². The van der Waals surface area contributed by atoms with E-state index in [-0.39, 0.29) is 22.4 Å². The topological polar surface area (TPSA) is 115 Å². The Bertz CT molecular complexity index is 1460. The summed E-state index contributed by atoms with van der Waals surface area (Å²) in [6, 6.07) is 24.6. The van der Waals surface area contributed by atoms with Gasteiger partial charge in [0.05, 0.1) is 25.3 Å². The molecule has 0 aliphatic heterocycles. The number of esters is 2. The van der Waals surface area contributed by atoms with Gasteiger partial charge in [0, 0.05) is 11.4 Å². The van der Waals surface area contributed by atoms with E-state index in [0.29, 0.717) is 5.69 Å². The molecule has 0 spiro atoms. The number of pyridine rings is 1. The van der Waals surface area contributed by atoms with Gasteiger partial charge in [0.2, 0.25) is 0 Å². The molecule has 0 fully saturated rings. The second-order valence-electron chi connectivity index (χ2n) is 7.79. The molecule has 4 aromatic rings. The number of rotatable bonds is 6. The molecule has 0 saturated heterocycles. The number of anilines is 1. The summed E-state index contributed by atoms with van der Waals surface area (Å²) in [5, 5.41) is 2.55. The zero-order valence-corrected chi connectivity index (χ0v) is 19.5. The van der Waals surface area contributed by atoms with Crippen LogP contribution < -0.4 is 10.9 Å². The Morgan fingerprint density at radius 3 is 1.81 bits per heavy atom. The van der Waals surface area contributed by atoms with Crippen LogP contribution in [0, 0.1) is 0 Å². The Morgan fingerprint density at radius 2 is 1.25 bits per heavy atom. The number of carbonyl (C=O) groups is 3. The van der Waals surface area contributed by atoms with E-state index in [4.69, 9.17) is 9.47 Å². The Balaban J connectivity index is 1.57. The number of hydrogen-bond donors (Lipinski definition) is 2. The Morgan fingerprint density at radius 1 is 0.694 bits per heavy atom. The summed E-state index contributed by atoms with van der Waals surface area (Å²) in [6.45, 7) is 0. The number of ether oxygens (including phenoxy) is 2. The van der Waals surface area contributed by atoms with Crippen LogP contribution in [0.4, 0.5) is 5.69 Å². The number of nitrogens with one attached hydrogen (secondary N) is 2. The molecule has 8 nitrogen and oxygen atoms in total. The molecule has 0 aliphatic carbocycles. The number of carbonyl (C=O) groups excluding carboxylic acids is 3. The first-order valence-corrected chi connectivity index (χ1v) is 10.9. The minimum Gasteiger partial charge on any atom is -0.465 e. The lowest BCUT2D eigenvalue weighted by atomic mass is 10.0. The monoisotopic (exact) mass is 482 g/mol. The molecule has 0 aliphatic rings.